The van der Waals surface area contributed by atoms with E-state index in [4.69, 9.17) is 0 Å². The fourth-order valence-electron chi connectivity index (χ4n) is 3.32. The number of rotatable bonds is 5. The van der Waals surface area contributed by atoms with Gasteiger partial charge in [-0.3, -0.25) is 9.78 Å². The maximum Gasteiger partial charge on any atom is 0.266 e. The van der Waals surface area contributed by atoms with Gasteiger partial charge in [0.1, 0.15) is 5.82 Å². The predicted molar refractivity (Wildman–Crippen MR) is 95.3 cm³/mol. The molecule has 0 unspecified atom stereocenters. The Bertz CT molecular complexity index is 971. The van der Waals surface area contributed by atoms with Crippen molar-refractivity contribution in [3.63, 3.8) is 0 Å². The van der Waals surface area contributed by atoms with Crippen LogP contribution in [0.15, 0.2) is 47.8 Å². The van der Waals surface area contributed by atoms with Crippen molar-refractivity contribution < 1.29 is 0 Å². The van der Waals surface area contributed by atoms with Crippen molar-refractivity contribution in [2.45, 2.75) is 25.3 Å². The minimum atomic E-state index is -0.0201. The van der Waals surface area contributed by atoms with E-state index in [1.807, 2.05) is 18.3 Å². The van der Waals surface area contributed by atoms with Crippen LogP contribution in [0.2, 0.25) is 0 Å². The lowest BCUT2D eigenvalue weighted by Crippen LogP contribution is -2.50. The fraction of sp³-hybridized carbons (Fsp3) is 0.389. The molecule has 1 aliphatic heterocycles. The molecule has 2 fully saturated rings. The minimum Gasteiger partial charge on any atom is -0.354 e. The molecule has 0 amide bonds. The Morgan fingerprint density at radius 2 is 1.96 bits per heavy atom. The molecule has 0 bridgehead atoms. The quantitative estimate of drug-likeness (QED) is 0.689. The van der Waals surface area contributed by atoms with E-state index >= 15 is 0 Å². The van der Waals surface area contributed by atoms with E-state index in [9.17, 15) is 4.79 Å². The Labute approximate surface area is 150 Å². The van der Waals surface area contributed by atoms with Crippen LogP contribution in [0, 0.1) is 5.92 Å². The summed E-state index contributed by atoms with van der Waals surface area (Å²) in [6, 6.07) is 5.38. The van der Waals surface area contributed by atoms with Crippen LogP contribution < -0.4 is 10.5 Å². The molecule has 5 rings (SSSR count). The van der Waals surface area contributed by atoms with Gasteiger partial charge in [0.25, 0.3) is 5.56 Å². The van der Waals surface area contributed by atoms with Gasteiger partial charge >= 0.3 is 0 Å². The Kier molecular flexibility index (Phi) is 3.55. The molecular formula is C18H19N7O. The molecule has 4 heterocycles. The first-order chi connectivity index (χ1) is 12.8. The topological polar surface area (TPSA) is 81.7 Å². The van der Waals surface area contributed by atoms with Crippen molar-refractivity contribution in [1.82, 2.24) is 29.5 Å². The van der Waals surface area contributed by atoms with Crippen LogP contribution in [0.5, 0.6) is 0 Å². The fourth-order valence-corrected chi connectivity index (χ4v) is 3.32. The Morgan fingerprint density at radius 3 is 2.73 bits per heavy atom. The molecule has 1 saturated carbocycles. The third-order valence-corrected chi connectivity index (χ3v) is 4.94. The van der Waals surface area contributed by atoms with Gasteiger partial charge in [0, 0.05) is 43.4 Å². The van der Waals surface area contributed by atoms with Crippen molar-refractivity contribution in [2.75, 3.05) is 18.0 Å². The first kappa shape index (κ1) is 15.2. The Morgan fingerprint density at radius 1 is 1.12 bits per heavy atom. The second kappa shape index (κ2) is 6.05. The third-order valence-electron chi connectivity index (χ3n) is 4.94. The van der Waals surface area contributed by atoms with Gasteiger partial charge in [-0.25, -0.2) is 14.3 Å². The van der Waals surface area contributed by atoms with Gasteiger partial charge in [-0.2, -0.15) is 10.2 Å². The summed E-state index contributed by atoms with van der Waals surface area (Å²) in [6.45, 7) is 2.35. The highest BCUT2D eigenvalue weighted by Crippen LogP contribution is 2.38. The van der Waals surface area contributed by atoms with Gasteiger partial charge in [-0.05, 0) is 25.0 Å². The van der Waals surface area contributed by atoms with E-state index < -0.39 is 0 Å². The molecule has 26 heavy (non-hydrogen) atoms. The monoisotopic (exact) mass is 349 g/mol. The molecule has 3 aromatic rings. The van der Waals surface area contributed by atoms with Crippen LogP contribution in [0.25, 0.3) is 5.82 Å². The molecule has 3 aromatic heterocycles. The van der Waals surface area contributed by atoms with Gasteiger partial charge in [-0.1, -0.05) is 0 Å². The van der Waals surface area contributed by atoms with Crippen LogP contribution in [0.4, 0.5) is 5.82 Å². The van der Waals surface area contributed by atoms with Gasteiger partial charge in [0.2, 0.25) is 0 Å². The smallest absolute Gasteiger partial charge is 0.266 e. The summed E-state index contributed by atoms with van der Waals surface area (Å²) in [7, 11) is 0. The first-order valence-corrected chi connectivity index (χ1v) is 8.91. The molecule has 1 aliphatic carbocycles. The zero-order valence-corrected chi connectivity index (χ0v) is 14.3. The maximum absolute atomic E-state index is 12.1. The van der Waals surface area contributed by atoms with Crippen LogP contribution in [-0.4, -0.2) is 42.6 Å². The lowest BCUT2D eigenvalue weighted by molar-refractivity contribution is 0.331. The second-order valence-corrected chi connectivity index (χ2v) is 7.01. The number of aromatic nitrogens is 6. The normalized spacial score (nSPS) is 17.3. The van der Waals surface area contributed by atoms with Crippen molar-refractivity contribution in [2.24, 2.45) is 5.92 Å². The molecule has 0 radical (unpaired) electrons. The van der Waals surface area contributed by atoms with Gasteiger partial charge in [-0.15, -0.1) is 0 Å². The van der Waals surface area contributed by atoms with Gasteiger partial charge in [0.05, 0.1) is 24.6 Å². The van der Waals surface area contributed by atoms with E-state index in [0.29, 0.717) is 24.2 Å². The lowest BCUT2D eigenvalue weighted by Gasteiger charge is -2.40. The Balaban J connectivity index is 1.26. The highest BCUT2D eigenvalue weighted by molar-refractivity contribution is 5.42. The van der Waals surface area contributed by atoms with Crippen molar-refractivity contribution >= 4 is 5.82 Å². The van der Waals surface area contributed by atoms with E-state index in [-0.39, 0.29) is 5.56 Å². The van der Waals surface area contributed by atoms with Crippen molar-refractivity contribution in [3.8, 4) is 5.82 Å². The lowest BCUT2D eigenvalue weighted by atomic mass is 10.0. The molecule has 0 aromatic carbocycles. The van der Waals surface area contributed by atoms with E-state index in [1.54, 1.807) is 34.0 Å². The molecule has 1 saturated heterocycles. The molecule has 0 atom stereocenters. The standard InChI is InChI=1S/C18H19N7O/c26-18-5-4-15(14-2-3-14)22-25(18)12-13-10-23(11-13)16-8-19-9-17(21-16)24-7-1-6-20-24/h1,4-9,13-14H,2-3,10-12H2. The first-order valence-electron chi connectivity index (χ1n) is 8.91. The van der Waals surface area contributed by atoms with E-state index in [0.717, 1.165) is 24.6 Å². The Hall–Kier alpha value is -3.03. The van der Waals surface area contributed by atoms with E-state index in [2.05, 4.69) is 25.1 Å². The number of nitrogens with zero attached hydrogens (tertiary/aromatic N) is 7. The summed E-state index contributed by atoms with van der Waals surface area (Å²) in [4.78, 5) is 23.1. The average molecular weight is 349 g/mol. The highest BCUT2D eigenvalue weighted by Gasteiger charge is 2.30. The van der Waals surface area contributed by atoms with Gasteiger partial charge in [0.15, 0.2) is 5.82 Å². The molecule has 2 aliphatic rings. The summed E-state index contributed by atoms with van der Waals surface area (Å²) in [6.07, 6.45) is 9.40. The molecule has 0 spiro atoms. The van der Waals surface area contributed by atoms with Crippen LogP contribution in [0.1, 0.15) is 24.5 Å². The zero-order valence-electron chi connectivity index (χ0n) is 14.3. The molecule has 132 valence electrons. The largest absolute Gasteiger partial charge is 0.354 e. The second-order valence-electron chi connectivity index (χ2n) is 7.01. The SMILES string of the molecule is O=c1ccc(C2CC2)nn1CC1CN(c2cncc(-n3cccn3)n2)C1. The maximum atomic E-state index is 12.1. The summed E-state index contributed by atoms with van der Waals surface area (Å²) in [5.41, 5.74) is 1.03. The minimum absolute atomic E-state index is 0.0201. The summed E-state index contributed by atoms with van der Waals surface area (Å²) in [5.74, 6) is 2.48. The molecule has 8 heteroatoms. The molecule has 8 nitrogen and oxygen atoms in total. The summed E-state index contributed by atoms with van der Waals surface area (Å²) >= 11 is 0. The number of anilines is 1. The molecular weight excluding hydrogens is 330 g/mol. The van der Waals surface area contributed by atoms with Crippen LogP contribution in [0.3, 0.4) is 0 Å². The molecule has 0 N–H and O–H groups in total. The van der Waals surface area contributed by atoms with E-state index in [1.165, 1.54) is 12.8 Å². The zero-order chi connectivity index (χ0) is 17.5. The van der Waals surface area contributed by atoms with Gasteiger partial charge < -0.3 is 4.90 Å². The average Bonchev–Trinajstić information content (AvgIpc) is 3.33. The van der Waals surface area contributed by atoms with Crippen molar-refractivity contribution in [3.05, 3.63) is 59.0 Å². The summed E-state index contributed by atoms with van der Waals surface area (Å²) in [5, 5.41) is 8.74. The predicted octanol–water partition coefficient (Wildman–Crippen LogP) is 1.23. The summed E-state index contributed by atoms with van der Waals surface area (Å²) < 4.78 is 3.32. The highest BCUT2D eigenvalue weighted by atomic mass is 16.1. The number of hydrogen-bond acceptors (Lipinski definition) is 6. The van der Waals surface area contributed by atoms with Crippen molar-refractivity contribution in [1.29, 1.82) is 0 Å². The van der Waals surface area contributed by atoms with Crippen LogP contribution in [-0.2, 0) is 6.54 Å². The third kappa shape index (κ3) is 2.87. The number of hydrogen-bond donors (Lipinski definition) is 0. The van der Waals surface area contributed by atoms with Crippen LogP contribution >= 0.6 is 0 Å².